The number of fused-ring (bicyclic) bond motifs is 2. The lowest BCUT2D eigenvalue weighted by Gasteiger charge is -2.25. The Morgan fingerprint density at radius 1 is 0.974 bits per heavy atom. The van der Waals surface area contributed by atoms with Gasteiger partial charge < -0.3 is 19.7 Å². The minimum atomic E-state index is -0.267. The molecule has 0 unspecified atom stereocenters. The number of imidazole rings is 1. The van der Waals surface area contributed by atoms with E-state index in [1.54, 1.807) is 12.1 Å². The number of nitrogens with zero attached hydrogens (tertiary/aromatic N) is 4. The van der Waals surface area contributed by atoms with Crippen LogP contribution in [0.5, 0.6) is 5.75 Å². The first kappa shape index (κ1) is 24.1. The van der Waals surface area contributed by atoms with Crippen LogP contribution in [0.3, 0.4) is 0 Å². The van der Waals surface area contributed by atoms with Crippen molar-refractivity contribution in [2.24, 2.45) is 0 Å². The van der Waals surface area contributed by atoms with Gasteiger partial charge in [-0.05, 0) is 66.9 Å². The molecule has 0 bridgehead atoms. The first-order valence-electron chi connectivity index (χ1n) is 12.7. The Morgan fingerprint density at radius 3 is 2.58 bits per heavy atom. The predicted octanol–water partition coefficient (Wildman–Crippen LogP) is 5.26. The molecule has 5 aromatic rings. The van der Waals surface area contributed by atoms with Crippen LogP contribution in [0.4, 0.5) is 10.2 Å². The number of rotatable bonds is 5. The van der Waals surface area contributed by atoms with Gasteiger partial charge in [0.1, 0.15) is 36.4 Å². The molecule has 192 valence electrons. The number of halogens is 1. The highest BCUT2D eigenvalue weighted by Crippen LogP contribution is 2.33. The van der Waals surface area contributed by atoms with Gasteiger partial charge in [0.2, 0.25) is 0 Å². The van der Waals surface area contributed by atoms with E-state index in [0.29, 0.717) is 31.9 Å². The summed E-state index contributed by atoms with van der Waals surface area (Å²) in [7, 11) is 0. The minimum Gasteiger partial charge on any atom is -0.491 e. The molecule has 8 heteroatoms. The highest BCUT2D eigenvalue weighted by atomic mass is 19.1. The van der Waals surface area contributed by atoms with Crippen LogP contribution in [-0.2, 0) is 19.6 Å². The van der Waals surface area contributed by atoms with Gasteiger partial charge in [0.25, 0.3) is 0 Å². The molecular formula is C30H28FN5O2. The van der Waals surface area contributed by atoms with E-state index < -0.39 is 0 Å². The SMILES string of the molecule is Cc1nc2cc(-c3ccc4c(c3)CN(c3nc(CO)nc(C)c3Cc3ccc(F)cc3)CCO4)ccc2[nH]1. The van der Waals surface area contributed by atoms with Gasteiger partial charge in [-0.3, -0.25) is 0 Å². The molecule has 2 N–H and O–H groups in total. The standard InChI is InChI=1S/C30H28FN5O2/c1-18-25(13-20-3-7-24(31)8-4-20)30(35-29(17-37)32-18)36-11-12-38-28-10-6-21(14-23(28)16-36)22-5-9-26-27(15-22)34-19(2)33-26/h3-10,14-15,37H,11-13,16-17H2,1-2H3,(H,33,34). The van der Waals surface area contributed by atoms with Crippen molar-refractivity contribution in [1.82, 2.24) is 19.9 Å². The lowest BCUT2D eigenvalue weighted by Crippen LogP contribution is -2.28. The first-order valence-corrected chi connectivity index (χ1v) is 12.7. The number of hydrogen-bond acceptors (Lipinski definition) is 6. The number of aryl methyl sites for hydroxylation is 2. The topological polar surface area (TPSA) is 87.2 Å². The van der Waals surface area contributed by atoms with Gasteiger partial charge in [0.15, 0.2) is 5.82 Å². The fraction of sp³-hybridized carbons (Fsp3) is 0.233. The van der Waals surface area contributed by atoms with E-state index in [2.05, 4.69) is 50.2 Å². The molecule has 0 amide bonds. The molecule has 3 aromatic carbocycles. The number of hydrogen-bond donors (Lipinski definition) is 2. The van der Waals surface area contributed by atoms with Gasteiger partial charge in [0, 0.05) is 29.8 Å². The molecule has 1 aliphatic rings. The second-order valence-electron chi connectivity index (χ2n) is 9.64. The van der Waals surface area contributed by atoms with Crippen LogP contribution in [0.1, 0.15) is 34.0 Å². The molecule has 0 spiro atoms. The van der Waals surface area contributed by atoms with E-state index in [0.717, 1.165) is 61.9 Å². The second kappa shape index (κ2) is 9.87. The smallest absolute Gasteiger partial charge is 0.156 e. The molecule has 6 rings (SSSR count). The van der Waals surface area contributed by atoms with Crippen LogP contribution >= 0.6 is 0 Å². The average molecular weight is 510 g/mol. The van der Waals surface area contributed by atoms with Crippen LogP contribution in [0.25, 0.3) is 22.2 Å². The number of H-pyrrole nitrogens is 1. The van der Waals surface area contributed by atoms with Crippen molar-refractivity contribution in [3.05, 3.63) is 101 Å². The van der Waals surface area contributed by atoms with Crippen molar-refractivity contribution in [2.75, 3.05) is 18.1 Å². The summed E-state index contributed by atoms with van der Waals surface area (Å²) in [5, 5.41) is 9.83. The number of anilines is 1. The monoisotopic (exact) mass is 509 g/mol. The van der Waals surface area contributed by atoms with Crippen molar-refractivity contribution in [2.45, 2.75) is 33.4 Å². The van der Waals surface area contributed by atoms with E-state index in [9.17, 15) is 9.50 Å². The molecule has 0 saturated heterocycles. The van der Waals surface area contributed by atoms with Gasteiger partial charge in [-0.15, -0.1) is 0 Å². The Morgan fingerprint density at radius 2 is 1.76 bits per heavy atom. The maximum absolute atomic E-state index is 13.5. The summed E-state index contributed by atoms with van der Waals surface area (Å²) >= 11 is 0. The zero-order valence-electron chi connectivity index (χ0n) is 21.3. The van der Waals surface area contributed by atoms with E-state index in [1.807, 2.05) is 19.9 Å². The maximum Gasteiger partial charge on any atom is 0.156 e. The van der Waals surface area contributed by atoms with Crippen molar-refractivity contribution in [3.63, 3.8) is 0 Å². The highest BCUT2D eigenvalue weighted by Gasteiger charge is 2.23. The van der Waals surface area contributed by atoms with Crippen LogP contribution in [-0.4, -0.2) is 38.2 Å². The van der Waals surface area contributed by atoms with Gasteiger partial charge in [-0.25, -0.2) is 19.3 Å². The van der Waals surface area contributed by atoms with E-state index in [1.165, 1.54) is 12.1 Å². The summed E-state index contributed by atoms with van der Waals surface area (Å²) in [5.41, 5.74) is 7.88. The fourth-order valence-corrected chi connectivity index (χ4v) is 5.05. The predicted molar refractivity (Wildman–Crippen MR) is 145 cm³/mol. The van der Waals surface area contributed by atoms with Gasteiger partial charge in [0.05, 0.1) is 17.6 Å². The van der Waals surface area contributed by atoms with Gasteiger partial charge >= 0.3 is 0 Å². The summed E-state index contributed by atoms with van der Waals surface area (Å²) in [6, 6.07) is 19.0. The average Bonchev–Trinajstić information content (AvgIpc) is 3.16. The number of benzene rings is 3. The fourth-order valence-electron chi connectivity index (χ4n) is 5.05. The summed E-state index contributed by atoms with van der Waals surface area (Å²) in [6.07, 6.45) is 0.556. The molecule has 38 heavy (non-hydrogen) atoms. The largest absolute Gasteiger partial charge is 0.491 e. The minimum absolute atomic E-state index is 0.245. The highest BCUT2D eigenvalue weighted by molar-refractivity contribution is 5.82. The zero-order chi connectivity index (χ0) is 26.2. The van der Waals surface area contributed by atoms with Crippen LogP contribution in [0, 0.1) is 19.7 Å². The number of aliphatic hydroxyl groups excluding tert-OH is 1. The number of ether oxygens (including phenoxy) is 1. The Labute approximate surface area is 220 Å². The molecular weight excluding hydrogens is 481 g/mol. The second-order valence-corrected chi connectivity index (χ2v) is 9.64. The molecule has 0 radical (unpaired) electrons. The Hall–Kier alpha value is -4.30. The summed E-state index contributed by atoms with van der Waals surface area (Å²) in [6.45, 7) is 5.35. The van der Waals surface area contributed by atoms with Gasteiger partial charge in [-0.1, -0.05) is 24.3 Å². The van der Waals surface area contributed by atoms with E-state index in [-0.39, 0.29) is 12.4 Å². The third-order valence-corrected chi connectivity index (χ3v) is 6.95. The number of aliphatic hydroxyl groups is 1. The molecule has 7 nitrogen and oxygen atoms in total. The third kappa shape index (κ3) is 4.70. The van der Waals surface area contributed by atoms with Gasteiger partial charge in [-0.2, -0.15) is 0 Å². The lowest BCUT2D eigenvalue weighted by molar-refractivity contribution is 0.271. The molecule has 3 heterocycles. The Balaban J connectivity index is 1.37. The molecule has 0 fully saturated rings. The zero-order valence-corrected chi connectivity index (χ0v) is 21.3. The number of aromatic amines is 1. The summed E-state index contributed by atoms with van der Waals surface area (Å²) in [4.78, 5) is 19.3. The quantitative estimate of drug-likeness (QED) is 0.336. The molecule has 1 aliphatic heterocycles. The Bertz CT molecular complexity index is 1630. The van der Waals surface area contributed by atoms with Crippen molar-refractivity contribution >= 4 is 16.9 Å². The van der Waals surface area contributed by atoms with Crippen molar-refractivity contribution in [3.8, 4) is 16.9 Å². The lowest BCUT2D eigenvalue weighted by atomic mass is 10.0. The Kier molecular flexibility index (Phi) is 6.25. The van der Waals surface area contributed by atoms with Crippen molar-refractivity contribution < 1.29 is 14.2 Å². The first-order chi connectivity index (χ1) is 18.5. The van der Waals surface area contributed by atoms with E-state index >= 15 is 0 Å². The third-order valence-electron chi connectivity index (χ3n) is 6.95. The summed E-state index contributed by atoms with van der Waals surface area (Å²) in [5.74, 6) is 2.61. The normalized spacial score (nSPS) is 13.3. The summed E-state index contributed by atoms with van der Waals surface area (Å²) < 4.78 is 19.6. The van der Waals surface area contributed by atoms with Crippen LogP contribution in [0.15, 0.2) is 60.7 Å². The maximum atomic E-state index is 13.5. The number of aromatic nitrogens is 4. The number of nitrogens with one attached hydrogen (secondary N) is 1. The molecule has 0 saturated carbocycles. The van der Waals surface area contributed by atoms with E-state index in [4.69, 9.17) is 9.72 Å². The van der Waals surface area contributed by atoms with Crippen LogP contribution < -0.4 is 9.64 Å². The molecule has 0 aliphatic carbocycles. The van der Waals surface area contributed by atoms with Crippen molar-refractivity contribution in [1.29, 1.82) is 0 Å². The molecule has 2 aromatic heterocycles. The van der Waals surface area contributed by atoms with Crippen LogP contribution in [0.2, 0.25) is 0 Å². The molecule has 0 atom stereocenters.